The Morgan fingerprint density at radius 1 is 0.914 bits per heavy atom. The minimum Gasteiger partial charge on any atom is -0.507 e. The van der Waals surface area contributed by atoms with Crippen LogP contribution in [0.25, 0.3) is 5.76 Å². The lowest BCUT2D eigenvalue weighted by Gasteiger charge is -2.49. The number of aromatic nitrogens is 2. The number of benzene rings is 2. The molecule has 0 unspecified atom stereocenters. The Labute approximate surface area is 338 Å². The van der Waals surface area contributed by atoms with Crippen LogP contribution in [0.5, 0.6) is 11.6 Å². The van der Waals surface area contributed by atoms with Crippen LogP contribution in [0.4, 0.5) is 16.4 Å². The number of carbonyl (C=O) groups excluding carboxylic acids is 3. The number of ketones is 2. The molecule has 7 rings (SSSR count). The minimum atomic E-state index is -2.61. The Balaban J connectivity index is 1.39. The summed E-state index contributed by atoms with van der Waals surface area (Å²) in [5.41, 5.74) is -1.29. The van der Waals surface area contributed by atoms with Gasteiger partial charge >= 0.3 is 6.09 Å². The minimum absolute atomic E-state index is 0.0363. The molecule has 2 aromatic heterocycles. The van der Waals surface area contributed by atoms with Gasteiger partial charge in [0.25, 0.3) is 5.88 Å². The van der Waals surface area contributed by atoms with Crippen LogP contribution in [-0.2, 0) is 29.2 Å². The maximum Gasteiger partial charge on any atom is 0.416 e. The van der Waals surface area contributed by atoms with Gasteiger partial charge in [0.15, 0.2) is 22.9 Å². The van der Waals surface area contributed by atoms with Gasteiger partial charge < -0.3 is 33.8 Å². The van der Waals surface area contributed by atoms with Gasteiger partial charge in [0.2, 0.25) is 11.6 Å². The van der Waals surface area contributed by atoms with E-state index in [1.165, 1.54) is 4.90 Å². The summed E-state index contributed by atoms with van der Waals surface area (Å²) in [5.74, 6) is -3.22. The van der Waals surface area contributed by atoms with Crippen molar-refractivity contribution in [3.05, 3.63) is 99.8 Å². The number of nitrogens with zero attached hydrogens (tertiary/aromatic N) is 5. The van der Waals surface area contributed by atoms with Gasteiger partial charge in [-0.2, -0.15) is 0 Å². The predicted octanol–water partition coefficient (Wildman–Crippen LogP) is 6.71. The van der Waals surface area contributed by atoms with E-state index in [9.17, 15) is 19.8 Å². The third kappa shape index (κ3) is 7.08. The maximum atomic E-state index is 15.1. The van der Waals surface area contributed by atoms with E-state index in [0.29, 0.717) is 17.8 Å². The van der Waals surface area contributed by atoms with Crippen molar-refractivity contribution in [3.8, 4) is 11.6 Å². The Hall–Kier alpha value is -5.73. The first-order chi connectivity index (χ1) is 27.6. The second-order valence-corrected chi connectivity index (χ2v) is 16.6. The van der Waals surface area contributed by atoms with Gasteiger partial charge in [0.1, 0.15) is 36.0 Å². The fraction of sp³-hybridized carbons (Fsp3) is 0.432. The van der Waals surface area contributed by atoms with E-state index in [2.05, 4.69) is 5.16 Å². The number of aliphatic hydroxyl groups is 2. The number of ether oxygens (including phenoxy) is 3. The lowest BCUT2D eigenvalue weighted by molar-refractivity contribution is -0.142. The van der Waals surface area contributed by atoms with Crippen molar-refractivity contribution in [1.82, 2.24) is 15.0 Å². The van der Waals surface area contributed by atoms with Crippen molar-refractivity contribution in [2.24, 2.45) is 11.8 Å². The molecule has 58 heavy (non-hydrogen) atoms. The fourth-order valence-electron chi connectivity index (χ4n) is 8.41. The smallest absolute Gasteiger partial charge is 0.416 e. The highest BCUT2D eigenvalue weighted by Gasteiger charge is 2.65. The SMILES string of the molecule is CCCN(C(=O)OC(C)(C)C)c1nc(N(C)C)c2c(c1OCc1ccccc1)C(O)=C1C(=O)[C@]3(O)C(=O)c4c(OCc5ccccc5)noc4[C@@H](N(C)C)[C@@H]3C[C@@H]1C2. The number of anilines is 2. The molecule has 1 fully saturated rings. The molecule has 0 spiro atoms. The van der Waals surface area contributed by atoms with Gasteiger partial charge in [-0.05, 0) is 76.3 Å². The molecule has 0 radical (unpaired) electrons. The van der Waals surface area contributed by atoms with Crippen LogP contribution in [0.1, 0.15) is 85.0 Å². The van der Waals surface area contributed by atoms with Crippen LogP contribution < -0.4 is 19.3 Å². The molecule has 2 N–H and O–H groups in total. The third-order valence-corrected chi connectivity index (χ3v) is 10.9. The van der Waals surface area contributed by atoms with Crippen molar-refractivity contribution in [2.75, 3.05) is 44.5 Å². The number of hydrogen-bond acceptors (Lipinski definition) is 13. The summed E-state index contributed by atoms with van der Waals surface area (Å²) in [6.07, 6.45) is 0.205. The van der Waals surface area contributed by atoms with E-state index in [1.807, 2.05) is 67.6 Å². The van der Waals surface area contributed by atoms with Gasteiger partial charge in [0.05, 0.1) is 11.6 Å². The van der Waals surface area contributed by atoms with E-state index >= 15 is 4.79 Å². The first-order valence-corrected chi connectivity index (χ1v) is 19.6. The zero-order valence-corrected chi connectivity index (χ0v) is 34.2. The Kier molecular flexibility index (Phi) is 10.9. The number of rotatable bonds is 11. The molecule has 1 saturated carbocycles. The van der Waals surface area contributed by atoms with Crippen LogP contribution >= 0.6 is 0 Å². The first kappa shape index (κ1) is 40.5. The average molecular weight is 794 g/mol. The molecular weight excluding hydrogens is 743 g/mol. The molecule has 2 aromatic carbocycles. The van der Waals surface area contributed by atoms with Gasteiger partial charge in [-0.25, -0.2) is 9.78 Å². The van der Waals surface area contributed by atoms with Crippen molar-refractivity contribution in [1.29, 1.82) is 0 Å². The van der Waals surface area contributed by atoms with Crippen LogP contribution in [0.3, 0.4) is 0 Å². The summed E-state index contributed by atoms with van der Waals surface area (Å²) in [7, 11) is 7.17. The Morgan fingerprint density at radius 3 is 2.10 bits per heavy atom. The van der Waals surface area contributed by atoms with Crippen LogP contribution in [0.15, 0.2) is 70.8 Å². The van der Waals surface area contributed by atoms with Gasteiger partial charge in [-0.1, -0.05) is 67.6 Å². The number of amides is 1. The van der Waals surface area contributed by atoms with Crippen LogP contribution in [-0.4, -0.2) is 88.9 Å². The van der Waals surface area contributed by atoms with Crippen molar-refractivity contribution >= 4 is 35.1 Å². The lowest BCUT2D eigenvalue weighted by atomic mass is 9.57. The largest absolute Gasteiger partial charge is 0.507 e. The number of hydrogen-bond donors (Lipinski definition) is 2. The van der Waals surface area contributed by atoms with E-state index in [0.717, 1.165) is 11.1 Å². The van der Waals surface area contributed by atoms with Gasteiger partial charge in [-0.3, -0.25) is 19.4 Å². The Bertz CT molecular complexity index is 2250. The molecule has 4 aromatic rings. The number of pyridine rings is 1. The zero-order valence-electron chi connectivity index (χ0n) is 34.2. The average Bonchev–Trinajstić information content (AvgIpc) is 3.59. The molecule has 0 bridgehead atoms. The summed E-state index contributed by atoms with van der Waals surface area (Å²) < 4.78 is 24.2. The van der Waals surface area contributed by atoms with Crippen LogP contribution in [0, 0.1) is 11.8 Å². The number of fused-ring (bicyclic) bond motifs is 4. The summed E-state index contributed by atoms with van der Waals surface area (Å²) in [4.78, 5) is 53.7. The molecule has 0 aliphatic heterocycles. The van der Waals surface area contributed by atoms with E-state index in [4.69, 9.17) is 23.7 Å². The van der Waals surface area contributed by atoms with Gasteiger partial charge in [0, 0.05) is 37.7 Å². The molecule has 2 heterocycles. The highest BCUT2D eigenvalue weighted by molar-refractivity contribution is 6.26. The highest BCUT2D eigenvalue weighted by Crippen LogP contribution is 2.57. The standard InChI is InChI=1S/C44H51N5O9/c1-9-20-49(42(53)57-43(2,3)4)40-36(55-23-25-16-12-10-13-17-25)31-28(39(45-40)48(7)8)21-27-22-29-33(47(5)6)35-32(38(52)44(29,54)37(51)30(27)34(31)50)41(46-58-35)56-24-26-18-14-11-15-19-26/h10-19,27,29,33,50,54H,9,20-24H2,1-8H3/t27-,29-,33-,44-/m0/s1. The molecule has 4 atom stereocenters. The molecule has 3 aliphatic carbocycles. The maximum absolute atomic E-state index is 15.1. The molecule has 0 saturated heterocycles. The number of carbonyl (C=O) groups is 3. The molecule has 3 aliphatic rings. The van der Waals surface area contributed by atoms with Crippen molar-refractivity contribution in [3.63, 3.8) is 0 Å². The summed E-state index contributed by atoms with van der Waals surface area (Å²) in [5, 5.41) is 29.3. The second-order valence-electron chi connectivity index (χ2n) is 16.6. The summed E-state index contributed by atoms with van der Waals surface area (Å²) >= 11 is 0. The fourth-order valence-corrected chi connectivity index (χ4v) is 8.41. The van der Waals surface area contributed by atoms with E-state index in [1.54, 1.807) is 58.8 Å². The number of Topliss-reactive ketones (excluding diaryl/α,β-unsaturated/α-hetero) is 2. The van der Waals surface area contributed by atoms with Crippen LogP contribution in [0.2, 0.25) is 0 Å². The quantitative estimate of drug-likeness (QED) is 0.154. The molecule has 306 valence electrons. The zero-order chi connectivity index (χ0) is 41.7. The highest BCUT2D eigenvalue weighted by atomic mass is 16.6. The lowest BCUT2D eigenvalue weighted by Crippen LogP contribution is -2.63. The van der Waals surface area contributed by atoms with Crippen molar-refractivity contribution < 1.29 is 43.3 Å². The molecule has 1 amide bonds. The Morgan fingerprint density at radius 2 is 1.53 bits per heavy atom. The normalized spacial score (nSPS) is 21.2. The first-order valence-electron chi connectivity index (χ1n) is 19.6. The van der Waals surface area contributed by atoms with Gasteiger partial charge in [-0.15, -0.1) is 0 Å². The summed E-state index contributed by atoms with van der Waals surface area (Å²) in [6, 6.07) is 17.9. The topological polar surface area (TPSA) is 168 Å². The molecular formula is C44H51N5O9. The molecule has 14 nitrogen and oxygen atoms in total. The van der Waals surface area contributed by atoms with E-state index in [-0.39, 0.29) is 72.5 Å². The third-order valence-electron chi connectivity index (χ3n) is 10.9. The monoisotopic (exact) mass is 793 g/mol. The number of aliphatic hydroxyl groups excluding tert-OH is 1. The predicted molar refractivity (Wildman–Crippen MR) is 216 cm³/mol. The summed E-state index contributed by atoms with van der Waals surface area (Å²) in [6.45, 7) is 7.52. The molecule has 14 heteroatoms. The van der Waals surface area contributed by atoms with E-state index < -0.39 is 52.5 Å². The van der Waals surface area contributed by atoms with Crippen molar-refractivity contribution in [2.45, 2.75) is 77.4 Å². The second kappa shape index (κ2) is 15.6.